The van der Waals surface area contributed by atoms with E-state index in [1.54, 1.807) is 25.1 Å². The van der Waals surface area contributed by atoms with E-state index in [1.807, 2.05) is 0 Å². The van der Waals surface area contributed by atoms with Crippen LogP contribution in [0.5, 0.6) is 0 Å². The number of aryl methyl sites for hydroxylation is 1. The maximum Gasteiger partial charge on any atom is 0.300 e. The number of nitrogens with zero attached hydrogens (tertiary/aromatic N) is 1. The number of para-hydroxylation sites is 2. The highest BCUT2D eigenvalue weighted by Crippen LogP contribution is 2.30. The van der Waals surface area contributed by atoms with E-state index in [1.165, 1.54) is 18.2 Å². The third-order valence-electron chi connectivity index (χ3n) is 2.87. The molecule has 0 aromatic heterocycles. The van der Waals surface area contributed by atoms with Gasteiger partial charge in [0.05, 0.1) is 15.6 Å². The molecule has 2 rings (SSSR count). The van der Waals surface area contributed by atoms with E-state index in [9.17, 15) is 14.9 Å². The van der Waals surface area contributed by atoms with Gasteiger partial charge in [-0.3, -0.25) is 14.9 Å². The number of nitro groups is 1. The molecule has 0 spiro atoms. The number of rotatable bonds is 3. The first-order valence-corrected chi connectivity index (χ1v) is 6.66. The summed E-state index contributed by atoms with van der Waals surface area (Å²) in [7, 11) is 0. The molecule has 1 amide bonds. The highest BCUT2D eigenvalue weighted by Gasteiger charge is 2.24. The van der Waals surface area contributed by atoms with E-state index < -0.39 is 16.5 Å². The van der Waals surface area contributed by atoms with Crippen molar-refractivity contribution in [3.8, 4) is 0 Å². The maximum absolute atomic E-state index is 12.3. The third kappa shape index (κ3) is 3.15. The first-order chi connectivity index (χ1) is 9.91. The Hall–Kier alpha value is -2.11. The summed E-state index contributed by atoms with van der Waals surface area (Å²) in [5, 5.41) is 13.9. The van der Waals surface area contributed by atoms with Crippen LogP contribution >= 0.6 is 23.2 Å². The molecule has 0 heterocycles. The lowest BCUT2D eigenvalue weighted by Crippen LogP contribution is -2.15. The highest BCUT2D eigenvalue weighted by molar-refractivity contribution is 6.35. The van der Waals surface area contributed by atoms with Gasteiger partial charge in [-0.05, 0) is 30.7 Å². The monoisotopic (exact) mass is 324 g/mol. The fraction of sp³-hybridized carbons (Fsp3) is 0.0714. The van der Waals surface area contributed by atoms with E-state index in [0.717, 1.165) is 5.56 Å². The molecule has 0 bridgehead atoms. The SMILES string of the molecule is Cc1cccc(Cl)c1NC(=O)c1cccc(Cl)c1[N+](=O)[O-]. The minimum atomic E-state index is -0.684. The van der Waals surface area contributed by atoms with Crippen LogP contribution in [-0.4, -0.2) is 10.8 Å². The predicted octanol–water partition coefficient (Wildman–Crippen LogP) is 4.46. The number of benzene rings is 2. The predicted molar refractivity (Wildman–Crippen MR) is 82.2 cm³/mol. The molecule has 2 aromatic rings. The Morgan fingerprint density at radius 1 is 1.14 bits per heavy atom. The van der Waals surface area contributed by atoms with E-state index >= 15 is 0 Å². The summed E-state index contributed by atoms with van der Waals surface area (Å²) in [6.07, 6.45) is 0. The minimum absolute atomic E-state index is 0.0940. The van der Waals surface area contributed by atoms with Crippen molar-refractivity contribution >= 4 is 40.5 Å². The molecule has 21 heavy (non-hydrogen) atoms. The second kappa shape index (κ2) is 6.11. The molecule has 7 heteroatoms. The van der Waals surface area contributed by atoms with Crippen LogP contribution in [0.15, 0.2) is 36.4 Å². The van der Waals surface area contributed by atoms with Gasteiger partial charge in [-0.1, -0.05) is 41.4 Å². The minimum Gasteiger partial charge on any atom is -0.320 e. The molecule has 5 nitrogen and oxygen atoms in total. The summed E-state index contributed by atoms with van der Waals surface area (Å²) in [6, 6.07) is 9.31. The van der Waals surface area contributed by atoms with Crippen LogP contribution in [0.25, 0.3) is 0 Å². The van der Waals surface area contributed by atoms with Gasteiger partial charge in [0.15, 0.2) is 0 Å². The molecule has 0 radical (unpaired) electrons. The van der Waals surface area contributed by atoms with Crippen molar-refractivity contribution in [1.82, 2.24) is 0 Å². The Morgan fingerprint density at radius 2 is 1.76 bits per heavy atom. The Labute approximate surface area is 130 Å². The number of amides is 1. The maximum atomic E-state index is 12.3. The molecular weight excluding hydrogens is 315 g/mol. The summed E-state index contributed by atoms with van der Waals surface area (Å²) in [5.41, 5.74) is 0.618. The third-order valence-corrected chi connectivity index (χ3v) is 3.49. The second-order valence-corrected chi connectivity index (χ2v) is 5.09. The fourth-order valence-corrected chi connectivity index (χ4v) is 2.37. The molecule has 0 atom stereocenters. The van der Waals surface area contributed by atoms with E-state index in [0.29, 0.717) is 10.7 Å². The van der Waals surface area contributed by atoms with E-state index in [-0.39, 0.29) is 10.6 Å². The van der Waals surface area contributed by atoms with Crippen LogP contribution in [0.1, 0.15) is 15.9 Å². The molecular formula is C14H10Cl2N2O3. The average Bonchev–Trinajstić information content (AvgIpc) is 2.42. The molecule has 0 saturated carbocycles. The zero-order valence-corrected chi connectivity index (χ0v) is 12.4. The first kappa shape index (κ1) is 15.3. The van der Waals surface area contributed by atoms with Crippen LogP contribution < -0.4 is 5.32 Å². The molecule has 0 unspecified atom stereocenters. The molecule has 0 fully saturated rings. The Balaban J connectivity index is 2.43. The van der Waals surface area contributed by atoms with Crippen molar-refractivity contribution in [2.24, 2.45) is 0 Å². The lowest BCUT2D eigenvalue weighted by atomic mass is 10.1. The Bertz CT molecular complexity index is 712. The molecule has 108 valence electrons. The van der Waals surface area contributed by atoms with Gasteiger partial charge in [-0.25, -0.2) is 0 Å². The van der Waals surface area contributed by atoms with E-state index in [2.05, 4.69) is 5.32 Å². The highest BCUT2D eigenvalue weighted by atomic mass is 35.5. The molecule has 1 N–H and O–H groups in total. The van der Waals surface area contributed by atoms with Crippen LogP contribution in [0, 0.1) is 17.0 Å². The smallest absolute Gasteiger partial charge is 0.300 e. The van der Waals surface area contributed by atoms with Crippen molar-refractivity contribution in [3.05, 3.63) is 67.7 Å². The number of nitrogens with one attached hydrogen (secondary N) is 1. The second-order valence-electron chi connectivity index (χ2n) is 4.28. The van der Waals surface area contributed by atoms with Crippen LogP contribution in [0.3, 0.4) is 0 Å². The first-order valence-electron chi connectivity index (χ1n) is 5.91. The summed E-state index contributed by atoms with van der Waals surface area (Å²) >= 11 is 11.8. The summed E-state index contributed by atoms with van der Waals surface area (Å²) in [6.45, 7) is 1.77. The Morgan fingerprint density at radius 3 is 2.38 bits per heavy atom. The van der Waals surface area contributed by atoms with Crippen molar-refractivity contribution in [1.29, 1.82) is 0 Å². The summed E-state index contributed by atoms with van der Waals surface area (Å²) in [4.78, 5) is 22.6. The molecule has 0 aliphatic heterocycles. The summed E-state index contributed by atoms with van der Waals surface area (Å²) < 4.78 is 0. The number of halogens is 2. The number of carbonyl (C=O) groups excluding carboxylic acids is 1. The lowest BCUT2D eigenvalue weighted by Gasteiger charge is -2.10. The van der Waals surface area contributed by atoms with Crippen molar-refractivity contribution in [3.63, 3.8) is 0 Å². The zero-order valence-electron chi connectivity index (χ0n) is 10.9. The molecule has 0 aliphatic rings. The van der Waals surface area contributed by atoms with Crippen LogP contribution in [-0.2, 0) is 0 Å². The topological polar surface area (TPSA) is 72.2 Å². The molecule has 0 saturated heterocycles. The Kier molecular flexibility index (Phi) is 4.45. The van der Waals surface area contributed by atoms with Crippen molar-refractivity contribution in [2.75, 3.05) is 5.32 Å². The fourth-order valence-electron chi connectivity index (χ4n) is 1.86. The number of hydrogen-bond acceptors (Lipinski definition) is 3. The number of hydrogen-bond donors (Lipinski definition) is 1. The van der Waals surface area contributed by atoms with Gasteiger partial charge in [0, 0.05) is 0 Å². The van der Waals surface area contributed by atoms with Crippen molar-refractivity contribution < 1.29 is 9.72 Å². The quantitative estimate of drug-likeness (QED) is 0.669. The number of nitro benzene ring substituents is 1. The van der Waals surface area contributed by atoms with Gasteiger partial charge in [-0.15, -0.1) is 0 Å². The molecule has 2 aromatic carbocycles. The van der Waals surface area contributed by atoms with Gasteiger partial charge in [0.25, 0.3) is 5.91 Å². The lowest BCUT2D eigenvalue weighted by molar-refractivity contribution is -0.385. The van der Waals surface area contributed by atoms with Crippen LogP contribution in [0.4, 0.5) is 11.4 Å². The van der Waals surface area contributed by atoms with Crippen molar-refractivity contribution in [2.45, 2.75) is 6.92 Å². The number of anilines is 1. The standard InChI is InChI=1S/C14H10Cl2N2O3/c1-8-4-2-6-10(15)12(8)17-14(19)9-5-3-7-11(16)13(9)18(20)21/h2-7H,1H3,(H,17,19). The largest absolute Gasteiger partial charge is 0.320 e. The average molecular weight is 325 g/mol. The normalized spacial score (nSPS) is 10.2. The van der Waals surface area contributed by atoms with Gasteiger partial charge in [0.2, 0.25) is 0 Å². The van der Waals surface area contributed by atoms with E-state index in [4.69, 9.17) is 23.2 Å². The molecule has 0 aliphatic carbocycles. The number of carbonyl (C=O) groups is 1. The van der Waals surface area contributed by atoms with Gasteiger partial charge < -0.3 is 5.32 Å². The van der Waals surface area contributed by atoms with Gasteiger partial charge in [0.1, 0.15) is 10.6 Å². The van der Waals surface area contributed by atoms with Gasteiger partial charge in [-0.2, -0.15) is 0 Å². The summed E-state index contributed by atoms with van der Waals surface area (Å²) in [5.74, 6) is -0.639. The van der Waals surface area contributed by atoms with Gasteiger partial charge >= 0.3 is 5.69 Å². The zero-order chi connectivity index (χ0) is 15.6. The van der Waals surface area contributed by atoms with Crippen LogP contribution in [0.2, 0.25) is 10.0 Å².